The van der Waals surface area contributed by atoms with Gasteiger partial charge in [-0.15, -0.1) is 0 Å². The van der Waals surface area contributed by atoms with Gasteiger partial charge < -0.3 is 14.5 Å². The third-order valence-corrected chi connectivity index (χ3v) is 8.47. The molecule has 9 nitrogen and oxygen atoms in total. The number of hydrogen-bond acceptors (Lipinski definition) is 7. The maximum Gasteiger partial charge on any atom is 0.491 e. The molecule has 41 heavy (non-hydrogen) atoms. The number of halogens is 3. The first-order valence-corrected chi connectivity index (χ1v) is 14.1. The minimum Gasteiger partial charge on any atom is -0.487 e. The quantitative estimate of drug-likeness (QED) is 0.233. The molecule has 0 saturated carbocycles. The lowest BCUT2D eigenvalue weighted by molar-refractivity contribution is -0.201. The molecule has 3 heterocycles. The van der Waals surface area contributed by atoms with E-state index in [2.05, 4.69) is 14.7 Å². The summed E-state index contributed by atoms with van der Waals surface area (Å²) < 4.78 is 73.5. The zero-order valence-corrected chi connectivity index (χ0v) is 22.3. The lowest BCUT2D eigenvalue weighted by Crippen LogP contribution is -2.28. The van der Waals surface area contributed by atoms with Gasteiger partial charge in [0.2, 0.25) is 10.0 Å². The average molecular weight is 588 g/mol. The topological polar surface area (TPSA) is 119 Å². The van der Waals surface area contributed by atoms with Crippen molar-refractivity contribution in [1.82, 2.24) is 14.3 Å². The smallest absolute Gasteiger partial charge is 0.487 e. The number of hydrogen-bond donors (Lipinski definition) is 1. The Kier molecular flexibility index (Phi) is 7.82. The molecule has 0 atom stereocenters. The summed E-state index contributed by atoms with van der Waals surface area (Å²) >= 11 is 0. The van der Waals surface area contributed by atoms with Crippen LogP contribution in [-0.4, -0.2) is 53.9 Å². The number of alkyl halides is 3. The van der Waals surface area contributed by atoms with Crippen LogP contribution in [0, 0.1) is 0 Å². The van der Waals surface area contributed by atoms with Crippen LogP contribution in [0.5, 0.6) is 5.75 Å². The molecule has 1 N–H and O–H groups in total. The van der Waals surface area contributed by atoms with Crippen LogP contribution in [0.1, 0.15) is 24.1 Å². The third-order valence-electron chi connectivity index (χ3n) is 6.56. The van der Waals surface area contributed by atoms with Gasteiger partial charge in [-0.25, -0.2) is 18.2 Å². The Morgan fingerprint density at radius 1 is 0.976 bits per heavy atom. The van der Waals surface area contributed by atoms with Gasteiger partial charge in [-0.3, -0.25) is 4.79 Å². The van der Waals surface area contributed by atoms with Gasteiger partial charge in [-0.2, -0.15) is 17.5 Å². The molecule has 13 heteroatoms. The highest BCUT2D eigenvalue weighted by Gasteiger charge is 2.42. The molecule has 2 aromatic heterocycles. The van der Waals surface area contributed by atoms with Gasteiger partial charge >= 0.3 is 18.1 Å². The Morgan fingerprint density at radius 3 is 2.32 bits per heavy atom. The lowest BCUT2D eigenvalue weighted by Gasteiger charge is -2.15. The molecular weight excluding hydrogens is 563 g/mol. The van der Waals surface area contributed by atoms with Crippen LogP contribution in [-0.2, 0) is 37.4 Å². The largest absolute Gasteiger partial charge is 0.491 e. The first kappa shape index (κ1) is 28.3. The van der Waals surface area contributed by atoms with E-state index in [0.29, 0.717) is 35.7 Å². The molecule has 4 aromatic rings. The number of sulfonamides is 1. The number of pyridine rings is 1. The maximum absolute atomic E-state index is 12.9. The van der Waals surface area contributed by atoms with E-state index in [-0.39, 0.29) is 11.5 Å². The van der Waals surface area contributed by atoms with Crippen molar-refractivity contribution >= 4 is 33.0 Å². The maximum atomic E-state index is 12.9. The zero-order chi connectivity index (χ0) is 29.2. The Bertz CT molecular complexity index is 1680. The van der Waals surface area contributed by atoms with Gasteiger partial charge in [-0.1, -0.05) is 24.3 Å². The molecular formula is C28H24F3N3O6S. The van der Waals surface area contributed by atoms with Crippen molar-refractivity contribution < 1.29 is 40.7 Å². The molecule has 1 aliphatic heterocycles. The number of ether oxygens (including phenoxy) is 2. The number of H-pyrrole nitrogens is 1. The van der Waals surface area contributed by atoms with E-state index >= 15 is 0 Å². The second kappa shape index (κ2) is 11.3. The summed E-state index contributed by atoms with van der Waals surface area (Å²) in [4.78, 5) is 30.2. The number of carbonyl (C=O) groups is 2. The predicted molar refractivity (Wildman–Crippen MR) is 141 cm³/mol. The van der Waals surface area contributed by atoms with Gasteiger partial charge in [0.25, 0.3) is 0 Å². The van der Waals surface area contributed by atoms with Crippen molar-refractivity contribution in [2.75, 3.05) is 13.1 Å². The van der Waals surface area contributed by atoms with Crippen molar-refractivity contribution in [2.45, 2.75) is 36.9 Å². The highest BCUT2D eigenvalue weighted by molar-refractivity contribution is 7.89. The van der Waals surface area contributed by atoms with E-state index in [1.165, 1.54) is 28.6 Å². The first-order chi connectivity index (χ1) is 19.5. The van der Waals surface area contributed by atoms with E-state index in [0.717, 1.165) is 29.4 Å². The van der Waals surface area contributed by atoms with Crippen molar-refractivity contribution in [2.24, 2.45) is 0 Å². The lowest BCUT2D eigenvalue weighted by atomic mass is 10.0. The molecule has 0 aliphatic carbocycles. The standard InChI is InChI=1S/C28H24F3N3O6S/c29-28(30,31)27(36)40-25(35)15-18-3-7-21(8-4-18)39-17-20-16-24-23(11-12-32-26(24)33-20)19-5-9-22(10-6-19)41(37,38)34-13-1-2-14-34/h3-12,16H,1-2,13-15,17H2,(H,32,33). The third kappa shape index (κ3) is 6.41. The molecule has 5 rings (SSSR count). The van der Waals surface area contributed by atoms with Crippen LogP contribution in [0.25, 0.3) is 22.2 Å². The number of aromatic nitrogens is 2. The van der Waals surface area contributed by atoms with Gasteiger partial charge in [-0.05, 0) is 65.9 Å². The summed E-state index contributed by atoms with van der Waals surface area (Å²) in [6.07, 6.45) is -2.37. The van der Waals surface area contributed by atoms with Gasteiger partial charge in [0.15, 0.2) is 0 Å². The fourth-order valence-electron chi connectivity index (χ4n) is 4.52. The summed E-state index contributed by atoms with van der Waals surface area (Å²) in [5, 5.41) is 0.823. The van der Waals surface area contributed by atoms with E-state index in [4.69, 9.17) is 4.74 Å². The Labute approximate surface area is 233 Å². The zero-order valence-electron chi connectivity index (χ0n) is 21.5. The van der Waals surface area contributed by atoms with Crippen LogP contribution >= 0.6 is 0 Å². The number of aromatic amines is 1. The number of esters is 2. The van der Waals surface area contributed by atoms with Crippen molar-refractivity contribution in [3.8, 4) is 16.9 Å². The van der Waals surface area contributed by atoms with Crippen LogP contribution in [0.2, 0.25) is 0 Å². The summed E-state index contributed by atoms with van der Waals surface area (Å²) in [5.41, 5.74) is 3.37. The number of rotatable bonds is 8. The van der Waals surface area contributed by atoms with Gasteiger partial charge in [0, 0.05) is 24.7 Å². The Morgan fingerprint density at radius 2 is 1.66 bits per heavy atom. The first-order valence-electron chi connectivity index (χ1n) is 12.6. The predicted octanol–water partition coefficient (Wildman–Crippen LogP) is 4.77. The van der Waals surface area contributed by atoms with Crippen LogP contribution in [0.4, 0.5) is 13.2 Å². The molecule has 0 bridgehead atoms. The molecule has 0 unspecified atom stereocenters. The van der Waals surface area contributed by atoms with Crippen molar-refractivity contribution in [3.63, 3.8) is 0 Å². The minimum absolute atomic E-state index is 0.143. The second-order valence-corrected chi connectivity index (χ2v) is 11.4. The molecule has 214 valence electrons. The number of fused-ring (bicyclic) bond motifs is 1. The second-order valence-electron chi connectivity index (χ2n) is 9.42. The van der Waals surface area contributed by atoms with Crippen LogP contribution in [0.3, 0.4) is 0 Å². The average Bonchev–Trinajstić information content (AvgIpc) is 3.63. The number of carbonyl (C=O) groups excluding carboxylic acids is 2. The SMILES string of the molecule is O=C(Cc1ccc(OCc2cc3c(-c4ccc(S(=O)(=O)N5CCCC5)cc4)ccnc3[nH]2)cc1)OC(=O)C(F)(F)F. The molecule has 1 aliphatic rings. The van der Waals surface area contributed by atoms with Crippen LogP contribution < -0.4 is 4.74 Å². The summed E-state index contributed by atoms with van der Waals surface area (Å²) in [5.74, 6) is -3.43. The van der Waals surface area contributed by atoms with Crippen molar-refractivity contribution in [3.05, 3.63) is 78.1 Å². The highest BCUT2D eigenvalue weighted by Crippen LogP contribution is 2.30. The Balaban J connectivity index is 1.24. The molecule has 1 saturated heterocycles. The van der Waals surface area contributed by atoms with Gasteiger partial charge in [0.1, 0.15) is 18.0 Å². The molecule has 0 radical (unpaired) electrons. The fourth-order valence-corrected chi connectivity index (χ4v) is 6.04. The molecule has 0 amide bonds. The number of nitrogens with zero attached hydrogens (tertiary/aromatic N) is 2. The normalized spacial score (nSPS) is 14.3. The Hall–Kier alpha value is -4.23. The minimum atomic E-state index is -5.24. The van der Waals surface area contributed by atoms with E-state index in [9.17, 15) is 31.2 Å². The summed E-state index contributed by atoms with van der Waals surface area (Å²) in [7, 11) is -3.51. The fraction of sp³-hybridized carbons (Fsp3) is 0.250. The molecule has 0 spiro atoms. The summed E-state index contributed by atoms with van der Waals surface area (Å²) in [6.45, 7) is 1.22. The van der Waals surface area contributed by atoms with E-state index in [1.807, 2.05) is 12.1 Å². The molecule has 2 aromatic carbocycles. The van der Waals surface area contributed by atoms with E-state index in [1.54, 1.807) is 30.5 Å². The monoisotopic (exact) mass is 587 g/mol. The van der Waals surface area contributed by atoms with Crippen molar-refractivity contribution in [1.29, 1.82) is 0 Å². The number of nitrogens with one attached hydrogen (secondary N) is 1. The van der Waals surface area contributed by atoms with Gasteiger partial charge in [0.05, 0.1) is 17.0 Å². The van der Waals surface area contributed by atoms with E-state index < -0.39 is 34.6 Å². The number of benzene rings is 2. The highest BCUT2D eigenvalue weighted by atomic mass is 32.2. The summed E-state index contributed by atoms with van der Waals surface area (Å²) in [6, 6.07) is 16.5. The molecule has 1 fully saturated rings. The van der Waals surface area contributed by atoms with Crippen LogP contribution in [0.15, 0.2) is 71.8 Å².